The van der Waals surface area contributed by atoms with Crippen molar-refractivity contribution in [3.05, 3.63) is 82.0 Å². The zero-order chi connectivity index (χ0) is 38.9. The van der Waals surface area contributed by atoms with Gasteiger partial charge >= 0.3 is 6.01 Å². The van der Waals surface area contributed by atoms with Gasteiger partial charge in [-0.25, -0.2) is 17.6 Å². The number of nitrogens with zero attached hydrogens (tertiary/aromatic N) is 7. The molecule has 4 saturated heterocycles. The summed E-state index contributed by atoms with van der Waals surface area (Å²) >= 11 is 3.30. The van der Waals surface area contributed by atoms with Crippen LogP contribution in [0.15, 0.2) is 59.1 Å². The second kappa shape index (κ2) is 14.0. The largest absolute Gasteiger partial charge is 0.508 e. The van der Waals surface area contributed by atoms with Crippen LogP contribution in [-0.4, -0.2) is 97.3 Å². The molecule has 7 heterocycles. The molecule has 4 atom stereocenters. The summed E-state index contributed by atoms with van der Waals surface area (Å²) in [5.74, 6) is -0.799. The third-order valence-electron chi connectivity index (χ3n) is 11.6. The SMILES string of the molecule is C#Cc1c(F)ccc2cc(O)cc(-c3ncc4c(N5CC6CCC(C5)N6C(=O)/C(F)=C/c5ccc(Br)cn5)nc(OC[C@@]56CCCN5CC(F)C6)nc4c3F)c12. The normalized spacial score (nSPS) is 23.6. The Kier molecular flexibility index (Phi) is 9.08. The van der Waals surface area contributed by atoms with E-state index in [4.69, 9.17) is 16.1 Å². The van der Waals surface area contributed by atoms with Gasteiger partial charge in [0.1, 0.15) is 41.4 Å². The molecular formula is C41H34BrF4N7O3. The van der Waals surface area contributed by atoms with Crippen molar-refractivity contribution in [1.82, 2.24) is 29.7 Å². The van der Waals surface area contributed by atoms with E-state index in [1.807, 2.05) is 4.90 Å². The summed E-state index contributed by atoms with van der Waals surface area (Å²) in [6.45, 7) is 1.66. The van der Waals surface area contributed by atoms with Gasteiger partial charge in [-0.3, -0.25) is 19.7 Å². The number of phenols is 1. The Hall–Kier alpha value is -5.33. The number of fused-ring (bicyclic) bond motifs is 5. The monoisotopic (exact) mass is 827 g/mol. The molecule has 5 aromatic rings. The average molecular weight is 829 g/mol. The van der Waals surface area contributed by atoms with Gasteiger partial charge in [0.15, 0.2) is 11.6 Å². The van der Waals surface area contributed by atoms with E-state index in [1.165, 1.54) is 36.7 Å². The molecule has 4 fully saturated rings. The van der Waals surface area contributed by atoms with Gasteiger partial charge in [0.05, 0.1) is 34.3 Å². The van der Waals surface area contributed by atoms with E-state index >= 15 is 8.78 Å². The minimum absolute atomic E-state index is 0.0634. The van der Waals surface area contributed by atoms with Crippen LogP contribution in [0, 0.1) is 24.0 Å². The summed E-state index contributed by atoms with van der Waals surface area (Å²) in [5, 5.41) is 11.4. The summed E-state index contributed by atoms with van der Waals surface area (Å²) in [6, 6.07) is 7.70. The molecule has 0 saturated carbocycles. The number of rotatable bonds is 7. The molecule has 15 heteroatoms. The second-order valence-electron chi connectivity index (χ2n) is 14.9. The van der Waals surface area contributed by atoms with E-state index in [-0.39, 0.29) is 76.7 Å². The van der Waals surface area contributed by atoms with Gasteiger partial charge in [-0.2, -0.15) is 9.97 Å². The van der Waals surface area contributed by atoms with E-state index in [0.717, 1.165) is 29.9 Å². The van der Waals surface area contributed by atoms with Crippen molar-refractivity contribution in [2.45, 2.75) is 55.9 Å². The number of alkyl halides is 1. The Morgan fingerprint density at radius 3 is 2.64 bits per heavy atom. The molecule has 0 radical (unpaired) electrons. The quantitative estimate of drug-likeness (QED) is 0.104. The van der Waals surface area contributed by atoms with Crippen molar-refractivity contribution in [1.29, 1.82) is 0 Å². The summed E-state index contributed by atoms with van der Waals surface area (Å²) in [6.07, 6.45) is 11.9. The fourth-order valence-corrected chi connectivity index (χ4v) is 9.34. The maximum absolute atomic E-state index is 17.1. The maximum Gasteiger partial charge on any atom is 0.319 e. The van der Waals surface area contributed by atoms with Gasteiger partial charge in [-0.1, -0.05) is 12.0 Å². The number of halogens is 5. The molecule has 3 unspecified atom stereocenters. The second-order valence-corrected chi connectivity index (χ2v) is 15.8. The van der Waals surface area contributed by atoms with E-state index in [2.05, 4.69) is 41.7 Å². The molecule has 0 aliphatic carbocycles. The fraction of sp³-hybridized carbons (Fsp3) is 0.341. The summed E-state index contributed by atoms with van der Waals surface area (Å²) in [7, 11) is 0. The standard InChI is InChI=1S/C41H34BrF4N7O3/c1-2-29-32(44)9-4-22-12-28(54)14-30(34(22)29)36-35(46)37-31(17-48-36)38(50-40(49-37)56-21-41-10-3-11-52(41)18-24(43)15-41)51-19-26-7-8-27(20-51)53(26)39(55)33(45)13-25-6-5-23(42)16-47-25/h1,4-6,9,12-14,16-17,24,26-27,54H,3,7-8,10-11,15,18-21H2/b33-13-/t24?,26?,27?,41-/m0/s1. The number of aromatic hydroxyl groups is 1. The van der Waals surface area contributed by atoms with Gasteiger partial charge in [-0.05, 0) is 83.9 Å². The highest BCUT2D eigenvalue weighted by Gasteiger charge is 2.50. The van der Waals surface area contributed by atoms with Crippen LogP contribution >= 0.6 is 15.9 Å². The molecule has 3 aromatic heterocycles. The molecule has 9 rings (SSSR count). The number of amides is 1. The highest BCUT2D eigenvalue weighted by atomic mass is 79.9. The van der Waals surface area contributed by atoms with Crippen LogP contribution in [0.3, 0.4) is 0 Å². The molecule has 56 heavy (non-hydrogen) atoms. The van der Waals surface area contributed by atoms with Crippen molar-refractivity contribution < 1.29 is 32.2 Å². The zero-order valence-electron chi connectivity index (χ0n) is 29.9. The molecule has 10 nitrogen and oxygen atoms in total. The first-order valence-electron chi connectivity index (χ1n) is 18.4. The number of carbonyl (C=O) groups excluding carboxylic acids is 1. The number of phenolic OH excluding ortho intramolecular Hbond substituents is 1. The van der Waals surface area contributed by atoms with Gasteiger partial charge < -0.3 is 19.6 Å². The van der Waals surface area contributed by atoms with Gasteiger partial charge in [0.25, 0.3) is 5.91 Å². The Balaban J connectivity index is 1.11. The van der Waals surface area contributed by atoms with E-state index < -0.39 is 35.1 Å². The van der Waals surface area contributed by atoms with Crippen molar-refractivity contribution in [3.63, 3.8) is 0 Å². The van der Waals surface area contributed by atoms with Crippen molar-refractivity contribution in [3.8, 4) is 35.4 Å². The fourth-order valence-electron chi connectivity index (χ4n) is 9.11. The van der Waals surface area contributed by atoms with Crippen LogP contribution in [0.1, 0.15) is 43.4 Å². The Labute approximate surface area is 327 Å². The summed E-state index contributed by atoms with van der Waals surface area (Å²) < 4.78 is 69.1. The van der Waals surface area contributed by atoms with Crippen LogP contribution in [0.2, 0.25) is 0 Å². The lowest BCUT2D eigenvalue weighted by Crippen LogP contribution is -2.56. The third-order valence-corrected chi connectivity index (χ3v) is 12.0. The van der Waals surface area contributed by atoms with Gasteiger partial charge in [0, 0.05) is 59.9 Å². The lowest BCUT2D eigenvalue weighted by molar-refractivity contribution is -0.131. The molecule has 286 valence electrons. The highest BCUT2D eigenvalue weighted by Crippen LogP contribution is 2.43. The van der Waals surface area contributed by atoms with Crippen LogP contribution in [0.4, 0.5) is 23.4 Å². The number of ether oxygens (including phenoxy) is 1. The average Bonchev–Trinajstić information content (AvgIpc) is 3.80. The first-order valence-corrected chi connectivity index (χ1v) is 19.2. The molecule has 1 N–H and O–H groups in total. The third kappa shape index (κ3) is 6.19. The van der Waals surface area contributed by atoms with Crippen LogP contribution in [0.25, 0.3) is 39.0 Å². The number of hydrogen-bond acceptors (Lipinski definition) is 9. The molecule has 4 aliphatic heterocycles. The van der Waals surface area contributed by atoms with Crippen LogP contribution < -0.4 is 9.64 Å². The van der Waals surface area contributed by atoms with Gasteiger partial charge in [-0.15, -0.1) is 6.42 Å². The van der Waals surface area contributed by atoms with E-state index in [9.17, 15) is 18.7 Å². The number of hydrogen-bond donors (Lipinski definition) is 1. The number of pyridine rings is 2. The summed E-state index contributed by atoms with van der Waals surface area (Å²) in [5.41, 5.74) is -0.665. The summed E-state index contributed by atoms with van der Waals surface area (Å²) in [4.78, 5) is 37.0. The maximum atomic E-state index is 17.1. The van der Waals surface area contributed by atoms with Crippen LogP contribution in [-0.2, 0) is 4.79 Å². The molecule has 0 spiro atoms. The Morgan fingerprint density at radius 1 is 1.09 bits per heavy atom. The molecular weight excluding hydrogens is 794 g/mol. The van der Waals surface area contributed by atoms with Crippen molar-refractivity contribution in [2.75, 3.05) is 37.7 Å². The van der Waals surface area contributed by atoms with Gasteiger partial charge in [0.2, 0.25) is 0 Å². The van der Waals surface area contributed by atoms with E-state index in [1.54, 1.807) is 17.0 Å². The van der Waals surface area contributed by atoms with Crippen molar-refractivity contribution in [2.24, 2.45) is 0 Å². The van der Waals surface area contributed by atoms with Crippen molar-refractivity contribution >= 4 is 55.4 Å². The smallest absolute Gasteiger partial charge is 0.319 e. The lowest BCUT2D eigenvalue weighted by atomic mass is 9.95. The zero-order valence-corrected chi connectivity index (χ0v) is 31.4. The Morgan fingerprint density at radius 2 is 1.89 bits per heavy atom. The number of anilines is 1. The Bertz CT molecular complexity index is 2480. The minimum Gasteiger partial charge on any atom is -0.508 e. The number of piperazine rings is 1. The minimum atomic E-state index is -0.992. The molecule has 2 aromatic carbocycles. The van der Waals surface area contributed by atoms with E-state index in [0.29, 0.717) is 42.7 Å². The first kappa shape index (κ1) is 36.3. The highest BCUT2D eigenvalue weighted by molar-refractivity contribution is 9.10. The predicted octanol–water partition coefficient (Wildman–Crippen LogP) is 7.11. The van der Waals surface area contributed by atoms with Crippen LogP contribution in [0.5, 0.6) is 11.8 Å². The molecule has 4 aliphatic rings. The number of aromatic nitrogens is 4. The number of carbonyl (C=O) groups is 1. The molecule has 1 amide bonds. The number of terminal acetylenes is 1. The molecule has 2 bridgehead atoms. The number of benzene rings is 2. The lowest BCUT2D eigenvalue weighted by Gasteiger charge is -2.41. The first-order chi connectivity index (χ1) is 27.0. The topological polar surface area (TPSA) is 108 Å². The predicted molar refractivity (Wildman–Crippen MR) is 205 cm³/mol.